The Bertz CT molecular complexity index is 1440. The molecule has 2 heterocycles. The van der Waals surface area contributed by atoms with Crippen LogP contribution in [0.4, 0.5) is 0 Å². The standard InChI is InChI=1S/C24H14ClNS/c25-15-13-19-18-9-3-6-12-23(18)27-24(19)22(14-15)26-20-10-4-1-7-16(20)17-8-2-5-11-21(17)26/h1-14H. The highest BCUT2D eigenvalue weighted by Crippen LogP contribution is 2.42. The zero-order chi connectivity index (χ0) is 18.0. The van der Waals surface area contributed by atoms with Crippen LogP contribution in [0.2, 0.25) is 5.02 Å². The van der Waals surface area contributed by atoms with E-state index >= 15 is 0 Å². The number of para-hydroxylation sites is 2. The summed E-state index contributed by atoms with van der Waals surface area (Å²) < 4.78 is 4.91. The molecule has 0 atom stereocenters. The molecule has 0 bridgehead atoms. The Morgan fingerprint density at radius 1 is 0.630 bits per heavy atom. The molecule has 0 N–H and O–H groups in total. The van der Waals surface area contributed by atoms with Gasteiger partial charge >= 0.3 is 0 Å². The van der Waals surface area contributed by atoms with Gasteiger partial charge in [0.1, 0.15) is 0 Å². The maximum atomic E-state index is 6.59. The molecule has 0 amide bonds. The summed E-state index contributed by atoms with van der Waals surface area (Å²) in [5, 5.41) is 5.79. The summed E-state index contributed by atoms with van der Waals surface area (Å²) in [6.45, 7) is 0. The Hall–Kier alpha value is -2.81. The maximum absolute atomic E-state index is 6.59. The molecular formula is C24H14ClNS. The molecule has 27 heavy (non-hydrogen) atoms. The molecule has 0 saturated carbocycles. The van der Waals surface area contributed by atoms with E-state index in [2.05, 4.69) is 89.5 Å². The lowest BCUT2D eigenvalue weighted by Gasteiger charge is -2.10. The average Bonchev–Trinajstić information content (AvgIpc) is 3.24. The Balaban J connectivity index is 1.86. The largest absolute Gasteiger partial charge is 0.308 e. The predicted octanol–water partition coefficient (Wildman–Crippen LogP) is 7.81. The molecule has 3 heteroatoms. The van der Waals surface area contributed by atoms with E-state index in [1.807, 2.05) is 11.3 Å². The van der Waals surface area contributed by atoms with Gasteiger partial charge in [0.05, 0.1) is 21.4 Å². The second kappa shape index (κ2) is 5.59. The molecule has 0 unspecified atom stereocenters. The van der Waals surface area contributed by atoms with E-state index in [0.29, 0.717) is 0 Å². The van der Waals surface area contributed by atoms with E-state index in [4.69, 9.17) is 11.6 Å². The molecule has 1 nitrogen and oxygen atoms in total. The molecule has 6 rings (SSSR count). The van der Waals surface area contributed by atoms with E-state index in [1.54, 1.807) is 0 Å². The summed E-state index contributed by atoms with van der Waals surface area (Å²) in [5.41, 5.74) is 3.57. The fraction of sp³-hybridized carbons (Fsp3) is 0. The van der Waals surface area contributed by atoms with Crippen molar-refractivity contribution in [3.63, 3.8) is 0 Å². The Kier molecular flexibility index (Phi) is 3.16. The van der Waals surface area contributed by atoms with Crippen molar-refractivity contribution in [3.8, 4) is 5.69 Å². The minimum atomic E-state index is 0.767. The van der Waals surface area contributed by atoms with Gasteiger partial charge < -0.3 is 4.57 Å². The van der Waals surface area contributed by atoms with E-state index in [-0.39, 0.29) is 0 Å². The van der Waals surface area contributed by atoms with Crippen LogP contribution in [-0.4, -0.2) is 4.57 Å². The van der Waals surface area contributed by atoms with Gasteiger partial charge in [-0.05, 0) is 30.3 Å². The molecule has 128 valence electrons. The van der Waals surface area contributed by atoms with Crippen molar-refractivity contribution in [2.75, 3.05) is 0 Å². The van der Waals surface area contributed by atoms with E-state index in [1.165, 1.54) is 42.0 Å². The normalized spacial score (nSPS) is 11.9. The third-order valence-corrected chi connectivity index (χ3v) is 6.67. The molecule has 0 radical (unpaired) electrons. The smallest absolute Gasteiger partial charge is 0.0655 e. The SMILES string of the molecule is Clc1cc(-n2c3ccccc3c3ccccc32)c2sc3ccccc3c2c1. The molecule has 0 spiro atoms. The van der Waals surface area contributed by atoms with Gasteiger partial charge in [-0.2, -0.15) is 0 Å². The van der Waals surface area contributed by atoms with Crippen molar-refractivity contribution in [2.24, 2.45) is 0 Å². The van der Waals surface area contributed by atoms with Crippen LogP contribution in [0.3, 0.4) is 0 Å². The van der Waals surface area contributed by atoms with Crippen LogP contribution in [0.25, 0.3) is 47.7 Å². The lowest BCUT2D eigenvalue weighted by atomic mass is 10.1. The van der Waals surface area contributed by atoms with Crippen molar-refractivity contribution in [1.29, 1.82) is 0 Å². The van der Waals surface area contributed by atoms with Crippen LogP contribution in [-0.2, 0) is 0 Å². The van der Waals surface area contributed by atoms with Crippen LogP contribution in [0.15, 0.2) is 84.9 Å². The third-order valence-electron chi connectivity index (χ3n) is 5.24. The Morgan fingerprint density at radius 2 is 1.22 bits per heavy atom. The van der Waals surface area contributed by atoms with Gasteiger partial charge in [0.15, 0.2) is 0 Å². The number of aromatic nitrogens is 1. The van der Waals surface area contributed by atoms with Crippen LogP contribution in [0, 0.1) is 0 Å². The lowest BCUT2D eigenvalue weighted by Crippen LogP contribution is -1.94. The number of halogens is 1. The molecule has 0 aliphatic heterocycles. The van der Waals surface area contributed by atoms with Gasteiger partial charge in [-0.15, -0.1) is 11.3 Å². The minimum absolute atomic E-state index is 0.767. The fourth-order valence-corrected chi connectivity index (χ4v) is 5.52. The van der Waals surface area contributed by atoms with Crippen LogP contribution < -0.4 is 0 Å². The zero-order valence-electron chi connectivity index (χ0n) is 14.3. The molecule has 0 fully saturated rings. The summed E-state index contributed by atoms with van der Waals surface area (Å²) in [7, 11) is 0. The second-order valence-electron chi connectivity index (χ2n) is 6.77. The maximum Gasteiger partial charge on any atom is 0.0655 e. The van der Waals surface area contributed by atoms with Gasteiger partial charge in [-0.3, -0.25) is 0 Å². The highest BCUT2D eigenvalue weighted by molar-refractivity contribution is 7.26. The molecule has 0 aliphatic carbocycles. The van der Waals surface area contributed by atoms with E-state index in [9.17, 15) is 0 Å². The first-order valence-electron chi connectivity index (χ1n) is 8.90. The number of hydrogen-bond donors (Lipinski definition) is 0. The summed E-state index contributed by atoms with van der Waals surface area (Å²) in [5.74, 6) is 0. The molecule has 6 aromatic rings. The average molecular weight is 384 g/mol. The van der Waals surface area contributed by atoms with Crippen molar-refractivity contribution < 1.29 is 0 Å². The van der Waals surface area contributed by atoms with Crippen molar-refractivity contribution in [1.82, 2.24) is 4.57 Å². The molecule has 4 aromatic carbocycles. The fourth-order valence-electron chi connectivity index (χ4n) is 4.12. The highest BCUT2D eigenvalue weighted by Gasteiger charge is 2.16. The first-order chi connectivity index (χ1) is 13.3. The summed E-state index contributed by atoms with van der Waals surface area (Å²) in [6, 6.07) is 29.9. The summed E-state index contributed by atoms with van der Waals surface area (Å²) in [4.78, 5) is 0. The topological polar surface area (TPSA) is 4.93 Å². The number of rotatable bonds is 1. The minimum Gasteiger partial charge on any atom is -0.308 e. The summed E-state index contributed by atoms with van der Waals surface area (Å²) >= 11 is 8.42. The first-order valence-corrected chi connectivity index (χ1v) is 10.1. The lowest BCUT2D eigenvalue weighted by molar-refractivity contribution is 1.20. The van der Waals surface area contributed by atoms with Crippen LogP contribution in [0.1, 0.15) is 0 Å². The van der Waals surface area contributed by atoms with Gasteiger partial charge in [0.25, 0.3) is 0 Å². The quantitative estimate of drug-likeness (QED) is 0.273. The van der Waals surface area contributed by atoms with Gasteiger partial charge in [-0.25, -0.2) is 0 Å². The van der Waals surface area contributed by atoms with E-state index < -0.39 is 0 Å². The van der Waals surface area contributed by atoms with Crippen molar-refractivity contribution in [2.45, 2.75) is 0 Å². The Labute approximate surface area is 165 Å². The van der Waals surface area contributed by atoms with Crippen molar-refractivity contribution >= 4 is 64.9 Å². The highest BCUT2D eigenvalue weighted by atomic mass is 35.5. The molecule has 0 saturated heterocycles. The molecule has 2 aromatic heterocycles. The third kappa shape index (κ3) is 2.11. The molecule has 0 aliphatic rings. The van der Waals surface area contributed by atoms with Gasteiger partial charge in [0, 0.05) is 31.3 Å². The number of benzene rings is 4. The molecular weight excluding hydrogens is 370 g/mol. The number of nitrogens with zero attached hydrogens (tertiary/aromatic N) is 1. The van der Waals surface area contributed by atoms with E-state index in [0.717, 1.165) is 10.7 Å². The number of fused-ring (bicyclic) bond motifs is 6. The van der Waals surface area contributed by atoms with Crippen LogP contribution in [0.5, 0.6) is 0 Å². The predicted molar refractivity (Wildman–Crippen MR) is 119 cm³/mol. The van der Waals surface area contributed by atoms with Gasteiger partial charge in [-0.1, -0.05) is 66.2 Å². The second-order valence-corrected chi connectivity index (χ2v) is 8.26. The van der Waals surface area contributed by atoms with Gasteiger partial charge in [0.2, 0.25) is 0 Å². The number of hydrogen-bond acceptors (Lipinski definition) is 1. The first kappa shape index (κ1) is 15.3. The zero-order valence-corrected chi connectivity index (χ0v) is 15.9. The van der Waals surface area contributed by atoms with Crippen LogP contribution >= 0.6 is 22.9 Å². The van der Waals surface area contributed by atoms with Crippen molar-refractivity contribution in [3.05, 3.63) is 90.0 Å². The monoisotopic (exact) mass is 383 g/mol. The Morgan fingerprint density at radius 3 is 1.93 bits per heavy atom. The number of thiophene rings is 1. The summed E-state index contributed by atoms with van der Waals surface area (Å²) in [6.07, 6.45) is 0.